The van der Waals surface area contributed by atoms with Gasteiger partial charge in [-0.25, -0.2) is 9.78 Å². The van der Waals surface area contributed by atoms with Gasteiger partial charge >= 0.3 is 5.97 Å². The Hall–Kier alpha value is -2.11. The molecule has 6 nitrogen and oxygen atoms in total. The van der Waals surface area contributed by atoms with E-state index in [1.807, 2.05) is 0 Å². The number of carbonyl (C=O) groups is 2. The summed E-state index contributed by atoms with van der Waals surface area (Å²) in [5.74, 6) is -0.306. The number of rotatable bonds is 5. The summed E-state index contributed by atoms with van der Waals surface area (Å²) >= 11 is 0. The second kappa shape index (κ2) is 6.58. The molecule has 0 fully saturated rings. The van der Waals surface area contributed by atoms with Gasteiger partial charge in [0.1, 0.15) is 17.4 Å². The van der Waals surface area contributed by atoms with Gasteiger partial charge in [-0.3, -0.25) is 4.79 Å². The molecule has 1 aromatic heterocycles. The fraction of sp³-hybridized carbons (Fsp3) is 0.417. The minimum absolute atomic E-state index is 0.185. The lowest BCUT2D eigenvalue weighted by Crippen LogP contribution is -2.36. The zero-order chi connectivity index (χ0) is 13.5. The first kappa shape index (κ1) is 14.0. The SMILES string of the molecule is CCOC(=O)c1cccnc1NC(C)C(=O)NC. The molecule has 0 saturated carbocycles. The maximum absolute atomic E-state index is 11.7. The highest BCUT2D eigenvalue weighted by Gasteiger charge is 2.17. The number of esters is 1. The van der Waals surface area contributed by atoms with Crippen LogP contribution in [0.5, 0.6) is 0 Å². The van der Waals surface area contributed by atoms with Gasteiger partial charge in [-0.15, -0.1) is 0 Å². The van der Waals surface area contributed by atoms with Crippen LogP contribution in [-0.4, -0.2) is 36.6 Å². The Balaban J connectivity index is 2.88. The average Bonchev–Trinajstić information content (AvgIpc) is 2.38. The lowest BCUT2D eigenvalue weighted by molar-refractivity contribution is -0.121. The normalized spacial score (nSPS) is 11.5. The Kier molecular flexibility index (Phi) is 5.10. The van der Waals surface area contributed by atoms with E-state index in [1.54, 1.807) is 39.2 Å². The topological polar surface area (TPSA) is 80.3 Å². The molecular formula is C12H17N3O3. The molecule has 0 aromatic carbocycles. The molecule has 0 radical (unpaired) electrons. The number of likely N-dealkylation sites (N-methyl/N-ethyl adjacent to an activating group) is 1. The number of nitrogens with one attached hydrogen (secondary N) is 2. The number of hydrogen-bond acceptors (Lipinski definition) is 5. The van der Waals surface area contributed by atoms with Crippen LogP contribution in [0, 0.1) is 0 Å². The summed E-state index contributed by atoms with van der Waals surface area (Å²) in [6.45, 7) is 3.70. The van der Waals surface area contributed by atoms with Gasteiger partial charge in [0.05, 0.1) is 6.61 Å². The largest absolute Gasteiger partial charge is 0.462 e. The lowest BCUT2D eigenvalue weighted by Gasteiger charge is -2.15. The summed E-state index contributed by atoms with van der Waals surface area (Å²) in [7, 11) is 1.55. The quantitative estimate of drug-likeness (QED) is 0.757. The van der Waals surface area contributed by atoms with Crippen LogP contribution in [0.4, 0.5) is 5.82 Å². The molecule has 1 rings (SSSR count). The molecule has 1 unspecified atom stereocenters. The molecule has 18 heavy (non-hydrogen) atoms. The number of aromatic nitrogens is 1. The molecule has 0 spiro atoms. The van der Waals surface area contributed by atoms with Crippen molar-refractivity contribution >= 4 is 17.7 Å². The fourth-order valence-electron chi connectivity index (χ4n) is 1.38. The van der Waals surface area contributed by atoms with Crippen LogP contribution in [0.1, 0.15) is 24.2 Å². The van der Waals surface area contributed by atoms with Crippen molar-refractivity contribution in [3.63, 3.8) is 0 Å². The van der Waals surface area contributed by atoms with Crippen molar-refractivity contribution in [1.29, 1.82) is 0 Å². The van der Waals surface area contributed by atoms with Crippen LogP contribution in [0.3, 0.4) is 0 Å². The number of amides is 1. The maximum atomic E-state index is 11.7. The molecule has 0 aliphatic rings. The first-order valence-electron chi connectivity index (χ1n) is 5.70. The van der Waals surface area contributed by atoms with E-state index >= 15 is 0 Å². The number of anilines is 1. The van der Waals surface area contributed by atoms with Gasteiger partial charge < -0.3 is 15.4 Å². The summed E-state index contributed by atoms with van der Waals surface area (Å²) in [5.41, 5.74) is 0.315. The first-order valence-corrected chi connectivity index (χ1v) is 5.70. The summed E-state index contributed by atoms with van der Waals surface area (Å²) in [6.07, 6.45) is 1.54. The molecule has 0 bridgehead atoms. The average molecular weight is 251 g/mol. The van der Waals surface area contributed by atoms with Crippen molar-refractivity contribution in [2.75, 3.05) is 19.0 Å². The standard InChI is InChI=1S/C12H17N3O3/c1-4-18-12(17)9-6-5-7-14-10(9)15-8(2)11(16)13-3/h5-8H,4H2,1-3H3,(H,13,16)(H,14,15). The van der Waals surface area contributed by atoms with E-state index < -0.39 is 12.0 Å². The molecular weight excluding hydrogens is 234 g/mol. The van der Waals surface area contributed by atoms with Crippen molar-refractivity contribution in [2.45, 2.75) is 19.9 Å². The lowest BCUT2D eigenvalue weighted by atomic mass is 10.2. The van der Waals surface area contributed by atoms with Crippen LogP contribution in [0.15, 0.2) is 18.3 Å². The zero-order valence-corrected chi connectivity index (χ0v) is 10.7. The molecule has 0 aliphatic carbocycles. The van der Waals surface area contributed by atoms with Crippen molar-refractivity contribution in [3.8, 4) is 0 Å². The highest BCUT2D eigenvalue weighted by atomic mass is 16.5. The second-order valence-electron chi connectivity index (χ2n) is 3.60. The maximum Gasteiger partial charge on any atom is 0.341 e. The highest BCUT2D eigenvalue weighted by molar-refractivity contribution is 5.95. The number of ether oxygens (including phenoxy) is 1. The third kappa shape index (κ3) is 3.44. The molecule has 6 heteroatoms. The van der Waals surface area contributed by atoms with E-state index in [0.29, 0.717) is 11.4 Å². The molecule has 0 aliphatic heterocycles. The second-order valence-corrected chi connectivity index (χ2v) is 3.60. The van der Waals surface area contributed by atoms with Crippen molar-refractivity contribution < 1.29 is 14.3 Å². The van der Waals surface area contributed by atoms with Crippen LogP contribution >= 0.6 is 0 Å². The van der Waals surface area contributed by atoms with E-state index in [4.69, 9.17) is 4.74 Å². The molecule has 1 amide bonds. The van der Waals surface area contributed by atoms with Crippen LogP contribution < -0.4 is 10.6 Å². The smallest absolute Gasteiger partial charge is 0.341 e. The minimum Gasteiger partial charge on any atom is -0.462 e. The molecule has 1 heterocycles. The van der Waals surface area contributed by atoms with E-state index in [2.05, 4.69) is 15.6 Å². The Morgan fingerprint density at radius 1 is 1.50 bits per heavy atom. The zero-order valence-electron chi connectivity index (χ0n) is 10.7. The monoisotopic (exact) mass is 251 g/mol. The van der Waals surface area contributed by atoms with Gasteiger partial charge in [-0.2, -0.15) is 0 Å². The van der Waals surface area contributed by atoms with Crippen molar-refractivity contribution in [1.82, 2.24) is 10.3 Å². The molecule has 1 aromatic rings. The van der Waals surface area contributed by atoms with Gasteiger partial charge in [-0.1, -0.05) is 0 Å². The van der Waals surface area contributed by atoms with E-state index in [9.17, 15) is 9.59 Å². The predicted molar refractivity (Wildman–Crippen MR) is 67.3 cm³/mol. The van der Waals surface area contributed by atoms with Crippen molar-refractivity contribution in [3.05, 3.63) is 23.9 Å². The highest BCUT2D eigenvalue weighted by Crippen LogP contribution is 2.14. The van der Waals surface area contributed by atoms with Gasteiger partial charge in [0.25, 0.3) is 0 Å². The molecule has 2 N–H and O–H groups in total. The Bertz CT molecular complexity index is 434. The Morgan fingerprint density at radius 2 is 2.22 bits per heavy atom. The number of carbonyl (C=O) groups excluding carboxylic acids is 2. The number of pyridine rings is 1. The summed E-state index contributed by atoms with van der Waals surface area (Å²) in [5, 5.41) is 5.39. The molecule has 98 valence electrons. The van der Waals surface area contributed by atoms with Gasteiger partial charge in [-0.05, 0) is 26.0 Å². The minimum atomic E-state index is -0.488. The predicted octanol–water partition coefficient (Wildman–Crippen LogP) is 0.805. The fourth-order valence-corrected chi connectivity index (χ4v) is 1.38. The first-order chi connectivity index (χ1) is 8.60. The molecule has 0 saturated heterocycles. The van der Waals surface area contributed by atoms with E-state index in [-0.39, 0.29) is 12.5 Å². The summed E-state index contributed by atoms with van der Waals surface area (Å²) < 4.78 is 4.92. The van der Waals surface area contributed by atoms with E-state index in [0.717, 1.165) is 0 Å². The number of nitrogens with zero attached hydrogens (tertiary/aromatic N) is 1. The van der Waals surface area contributed by atoms with Crippen LogP contribution in [0.25, 0.3) is 0 Å². The summed E-state index contributed by atoms with van der Waals surface area (Å²) in [6, 6.07) is 2.75. The molecule has 1 atom stereocenters. The van der Waals surface area contributed by atoms with Crippen LogP contribution in [-0.2, 0) is 9.53 Å². The van der Waals surface area contributed by atoms with Crippen molar-refractivity contribution in [2.24, 2.45) is 0 Å². The van der Waals surface area contributed by atoms with Gasteiger partial charge in [0.15, 0.2) is 0 Å². The Morgan fingerprint density at radius 3 is 2.83 bits per heavy atom. The number of hydrogen-bond donors (Lipinski definition) is 2. The van der Waals surface area contributed by atoms with E-state index in [1.165, 1.54) is 0 Å². The van der Waals surface area contributed by atoms with Gasteiger partial charge in [0, 0.05) is 13.2 Å². The Labute approximate surface area is 106 Å². The van der Waals surface area contributed by atoms with Gasteiger partial charge in [0.2, 0.25) is 5.91 Å². The van der Waals surface area contributed by atoms with Crippen LogP contribution in [0.2, 0.25) is 0 Å². The third-order valence-corrected chi connectivity index (χ3v) is 2.30. The third-order valence-electron chi connectivity index (χ3n) is 2.30. The summed E-state index contributed by atoms with van der Waals surface area (Å²) in [4.78, 5) is 27.1.